The molecular formula is C21H26NO2+. The van der Waals surface area contributed by atoms with Crippen LogP contribution in [0.15, 0.2) is 54.6 Å². The number of rotatable bonds is 5. The minimum atomic E-state index is -0.0193. The highest BCUT2D eigenvalue weighted by Gasteiger charge is 2.29. The lowest BCUT2D eigenvalue weighted by atomic mass is 9.97. The van der Waals surface area contributed by atoms with Gasteiger partial charge in [-0.2, -0.15) is 0 Å². The Balaban J connectivity index is 1.60. The number of nitrogens with one attached hydrogen (secondary N) is 1. The number of piperidine rings is 1. The van der Waals surface area contributed by atoms with Gasteiger partial charge in [-0.3, -0.25) is 4.79 Å². The second kappa shape index (κ2) is 8.11. The highest BCUT2D eigenvalue weighted by Crippen LogP contribution is 2.19. The molecule has 3 nitrogen and oxygen atoms in total. The van der Waals surface area contributed by atoms with Gasteiger partial charge in [0.25, 0.3) is 0 Å². The van der Waals surface area contributed by atoms with E-state index in [0.717, 1.165) is 32.5 Å². The van der Waals surface area contributed by atoms with Crippen molar-refractivity contribution >= 4 is 5.97 Å². The summed E-state index contributed by atoms with van der Waals surface area (Å²) in [4.78, 5) is 13.4. The predicted molar refractivity (Wildman–Crippen MR) is 95.6 cm³/mol. The van der Waals surface area contributed by atoms with Crippen molar-refractivity contribution in [3.8, 4) is 11.1 Å². The number of hydrogen-bond donors (Lipinski definition) is 1. The van der Waals surface area contributed by atoms with Gasteiger partial charge in [-0.1, -0.05) is 54.6 Å². The van der Waals surface area contributed by atoms with Gasteiger partial charge < -0.3 is 9.64 Å². The number of carbonyl (C=O) groups excluding carboxylic acids is 1. The van der Waals surface area contributed by atoms with Crippen LogP contribution in [0.25, 0.3) is 11.1 Å². The average molecular weight is 324 g/mol. The predicted octanol–water partition coefficient (Wildman–Crippen LogP) is 2.71. The van der Waals surface area contributed by atoms with Crippen molar-refractivity contribution in [2.75, 3.05) is 19.7 Å². The number of benzene rings is 2. The summed E-state index contributed by atoms with van der Waals surface area (Å²) in [6.45, 7) is 5.35. The molecule has 1 aliphatic rings. The molecule has 1 saturated heterocycles. The summed E-state index contributed by atoms with van der Waals surface area (Å²) >= 11 is 0. The molecule has 0 radical (unpaired) electrons. The van der Waals surface area contributed by atoms with E-state index in [1.54, 1.807) is 0 Å². The largest absolute Gasteiger partial charge is 0.466 e. The third-order valence-electron chi connectivity index (χ3n) is 4.75. The molecule has 0 bridgehead atoms. The summed E-state index contributed by atoms with van der Waals surface area (Å²) in [7, 11) is 0. The molecule has 1 N–H and O–H groups in total. The standard InChI is InChI=1S/C21H25NO2/c1-2-24-21(23)20-9-6-14-22(16-20)15-17-10-12-19(13-11-17)18-7-4-3-5-8-18/h3-5,7-8,10-13,20H,2,6,9,14-16H2,1H3/p+1/t20-/m0/s1. The maximum atomic E-state index is 12.0. The van der Waals surface area contributed by atoms with Crippen LogP contribution < -0.4 is 4.90 Å². The molecule has 3 heteroatoms. The zero-order valence-corrected chi connectivity index (χ0v) is 14.3. The molecule has 1 heterocycles. The van der Waals surface area contributed by atoms with E-state index in [9.17, 15) is 4.79 Å². The maximum absolute atomic E-state index is 12.0. The van der Waals surface area contributed by atoms with Crippen LogP contribution in [0.4, 0.5) is 0 Å². The first-order valence-electron chi connectivity index (χ1n) is 8.91. The molecule has 1 aliphatic heterocycles. The summed E-state index contributed by atoms with van der Waals surface area (Å²) in [6.07, 6.45) is 2.07. The summed E-state index contributed by atoms with van der Waals surface area (Å²) in [5.41, 5.74) is 3.82. The molecular weight excluding hydrogens is 298 g/mol. The quantitative estimate of drug-likeness (QED) is 0.857. The number of ether oxygens (including phenoxy) is 1. The minimum Gasteiger partial charge on any atom is -0.466 e. The number of hydrogen-bond acceptors (Lipinski definition) is 2. The minimum absolute atomic E-state index is 0.0193. The number of carbonyl (C=O) groups is 1. The fourth-order valence-electron chi connectivity index (χ4n) is 3.51. The second-order valence-corrected chi connectivity index (χ2v) is 6.54. The first-order chi connectivity index (χ1) is 11.8. The Morgan fingerprint density at radius 3 is 2.50 bits per heavy atom. The molecule has 3 rings (SSSR count). The van der Waals surface area contributed by atoms with Crippen LogP contribution in [-0.2, 0) is 16.1 Å². The fourth-order valence-corrected chi connectivity index (χ4v) is 3.51. The number of quaternary nitrogens is 1. The smallest absolute Gasteiger partial charge is 0.314 e. The van der Waals surface area contributed by atoms with Gasteiger partial charge >= 0.3 is 5.97 Å². The van der Waals surface area contributed by atoms with Gasteiger partial charge in [0.1, 0.15) is 12.5 Å². The Kier molecular flexibility index (Phi) is 5.65. The summed E-state index contributed by atoms with van der Waals surface area (Å²) in [5.74, 6) is 0.0476. The Morgan fingerprint density at radius 2 is 1.79 bits per heavy atom. The van der Waals surface area contributed by atoms with Crippen molar-refractivity contribution < 1.29 is 14.4 Å². The van der Waals surface area contributed by atoms with Crippen molar-refractivity contribution in [1.82, 2.24) is 0 Å². The lowest BCUT2D eigenvalue weighted by Crippen LogP contribution is -3.12. The Labute approximate surface area is 144 Å². The third kappa shape index (κ3) is 4.24. The number of esters is 1. The van der Waals surface area contributed by atoms with E-state index in [2.05, 4.69) is 48.5 Å². The van der Waals surface area contributed by atoms with E-state index in [1.807, 2.05) is 13.0 Å². The SMILES string of the molecule is CCOC(=O)[C@H]1CCC[NH+](Cc2ccc(-c3ccccc3)cc2)C1. The molecule has 0 saturated carbocycles. The molecule has 0 spiro atoms. The van der Waals surface area contributed by atoms with Gasteiger partial charge in [-0.25, -0.2) is 0 Å². The van der Waals surface area contributed by atoms with Crippen LogP contribution in [0, 0.1) is 5.92 Å². The third-order valence-corrected chi connectivity index (χ3v) is 4.75. The zero-order valence-electron chi connectivity index (χ0n) is 14.3. The molecule has 2 aromatic rings. The normalized spacial score (nSPS) is 20.5. The monoisotopic (exact) mass is 324 g/mol. The van der Waals surface area contributed by atoms with E-state index in [1.165, 1.54) is 21.6 Å². The van der Waals surface area contributed by atoms with E-state index in [0.29, 0.717) is 6.61 Å². The maximum Gasteiger partial charge on any atom is 0.314 e. The molecule has 2 aromatic carbocycles. The van der Waals surface area contributed by atoms with E-state index >= 15 is 0 Å². The lowest BCUT2D eigenvalue weighted by molar-refractivity contribution is -0.921. The number of likely N-dealkylation sites (tertiary alicyclic amines) is 1. The Morgan fingerprint density at radius 1 is 1.08 bits per heavy atom. The molecule has 0 aromatic heterocycles. The van der Waals surface area contributed by atoms with Crippen LogP contribution in [-0.4, -0.2) is 25.7 Å². The molecule has 1 fully saturated rings. The van der Waals surface area contributed by atoms with E-state index in [-0.39, 0.29) is 11.9 Å². The van der Waals surface area contributed by atoms with Crippen molar-refractivity contribution in [3.63, 3.8) is 0 Å². The van der Waals surface area contributed by atoms with E-state index < -0.39 is 0 Å². The summed E-state index contributed by atoms with van der Waals surface area (Å²) in [6, 6.07) is 19.2. The Bertz CT molecular complexity index is 651. The summed E-state index contributed by atoms with van der Waals surface area (Å²) < 4.78 is 5.19. The van der Waals surface area contributed by atoms with Gasteiger partial charge in [0.2, 0.25) is 0 Å². The van der Waals surface area contributed by atoms with Crippen molar-refractivity contribution in [2.24, 2.45) is 5.92 Å². The van der Waals surface area contributed by atoms with Crippen molar-refractivity contribution in [1.29, 1.82) is 0 Å². The molecule has 126 valence electrons. The van der Waals surface area contributed by atoms with Crippen LogP contribution >= 0.6 is 0 Å². The molecule has 2 atom stereocenters. The average Bonchev–Trinajstić information content (AvgIpc) is 2.63. The van der Waals surface area contributed by atoms with Crippen molar-refractivity contribution in [2.45, 2.75) is 26.3 Å². The van der Waals surface area contributed by atoms with E-state index in [4.69, 9.17) is 4.74 Å². The van der Waals surface area contributed by atoms with Crippen LogP contribution in [0.2, 0.25) is 0 Å². The zero-order chi connectivity index (χ0) is 16.8. The van der Waals surface area contributed by atoms with Gasteiger partial charge in [-0.05, 0) is 30.9 Å². The van der Waals surface area contributed by atoms with Crippen molar-refractivity contribution in [3.05, 3.63) is 60.2 Å². The van der Waals surface area contributed by atoms with Gasteiger partial charge in [-0.15, -0.1) is 0 Å². The molecule has 1 unspecified atom stereocenters. The van der Waals surface area contributed by atoms with Crippen LogP contribution in [0.1, 0.15) is 25.3 Å². The lowest BCUT2D eigenvalue weighted by Gasteiger charge is -2.28. The second-order valence-electron chi connectivity index (χ2n) is 6.54. The molecule has 0 aliphatic carbocycles. The first kappa shape index (κ1) is 16.7. The van der Waals surface area contributed by atoms with Gasteiger partial charge in [0, 0.05) is 5.56 Å². The summed E-state index contributed by atoms with van der Waals surface area (Å²) in [5, 5.41) is 0. The van der Waals surface area contributed by atoms with Crippen LogP contribution in [0.3, 0.4) is 0 Å². The highest BCUT2D eigenvalue weighted by molar-refractivity contribution is 5.72. The topological polar surface area (TPSA) is 30.7 Å². The van der Waals surface area contributed by atoms with Gasteiger partial charge in [0.15, 0.2) is 0 Å². The molecule has 24 heavy (non-hydrogen) atoms. The molecule has 0 amide bonds. The highest BCUT2D eigenvalue weighted by atomic mass is 16.5. The van der Waals surface area contributed by atoms with Gasteiger partial charge in [0.05, 0.1) is 19.7 Å². The van der Waals surface area contributed by atoms with Crippen LogP contribution in [0.5, 0.6) is 0 Å². The Hall–Kier alpha value is -2.13. The first-order valence-corrected chi connectivity index (χ1v) is 8.91. The fraction of sp³-hybridized carbons (Fsp3) is 0.381.